The Morgan fingerprint density at radius 2 is 1.83 bits per heavy atom. The summed E-state index contributed by atoms with van der Waals surface area (Å²) in [5.41, 5.74) is 4.57. The second kappa shape index (κ2) is 5.57. The van der Waals surface area contributed by atoms with Gasteiger partial charge in [-0.1, -0.05) is 19.9 Å². The number of ketones is 1. The smallest absolute Gasteiger partial charge is 0.176 e. The Morgan fingerprint density at radius 3 is 2.28 bits per heavy atom. The molecule has 0 spiro atoms. The monoisotopic (exact) mass is 255 g/mol. The summed E-state index contributed by atoms with van der Waals surface area (Å²) in [5, 5.41) is 0. The first-order valence-electron chi connectivity index (χ1n) is 6.13. The van der Waals surface area contributed by atoms with Crippen LogP contribution in [-0.4, -0.2) is 12.3 Å². The highest BCUT2D eigenvalue weighted by atomic mass is 19.1. The first-order valence-corrected chi connectivity index (χ1v) is 6.13. The van der Waals surface area contributed by atoms with E-state index >= 15 is 0 Å². The van der Waals surface area contributed by atoms with Gasteiger partial charge in [0.15, 0.2) is 5.78 Å². The van der Waals surface area contributed by atoms with Gasteiger partial charge in [0.25, 0.3) is 0 Å². The van der Waals surface area contributed by atoms with Gasteiger partial charge >= 0.3 is 0 Å². The topological polar surface area (TPSA) is 43.1 Å². The van der Waals surface area contributed by atoms with Crippen molar-refractivity contribution in [1.82, 2.24) is 0 Å². The van der Waals surface area contributed by atoms with Crippen molar-refractivity contribution in [3.63, 3.8) is 0 Å². The van der Waals surface area contributed by atoms with E-state index in [1.165, 1.54) is 13.0 Å². The largest absolute Gasteiger partial charge is 0.329 e. The number of carbonyl (C=O) groups is 1. The van der Waals surface area contributed by atoms with Crippen molar-refractivity contribution in [3.8, 4) is 0 Å². The molecule has 0 fully saturated rings. The molecule has 18 heavy (non-hydrogen) atoms. The minimum Gasteiger partial charge on any atom is -0.329 e. The van der Waals surface area contributed by atoms with E-state index in [9.17, 15) is 13.6 Å². The van der Waals surface area contributed by atoms with Crippen molar-refractivity contribution in [2.75, 3.05) is 6.54 Å². The van der Waals surface area contributed by atoms with E-state index in [0.29, 0.717) is 12.8 Å². The van der Waals surface area contributed by atoms with Crippen LogP contribution in [0, 0.1) is 24.0 Å². The van der Waals surface area contributed by atoms with Crippen molar-refractivity contribution >= 4 is 5.78 Å². The molecule has 0 saturated carbocycles. The van der Waals surface area contributed by atoms with Gasteiger partial charge in [0, 0.05) is 12.0 Å². The number of benzene rings is 1. The van der Waals surface area contributed by atoms with Gasteiger partial charge in [-0.25, -0.2) is 8.78 Å². The van der Waals surface area contributed by atoms with Crippen molar-refractivity contribution in [2.24, 2.45) is 11.1 Å². The van der Waals surface area contributed by atoms with Crippen LogP contribution in [0.5, 0.6) is 0 Å². The Morgan fingerprint density at radius 1 is 1.28 bits per heavy atom. The van der Waals surface area contributed by atoms with Crippen LogP contribution >= 0.6 is 0 Å². The number of hydrogen-bond acceptors (Lipinski definition) is 2. The Bertz CT molecular complexity index is 445. The number of Topliss-reactive ketones (excluding diaryl/α,β-unsaturated/α-hetero) is 1. The molecule has 2 N–H and O–H groups in total. The van der Waals surface area contributed by atoms with Gasteiger partial charge < -0.3 is 5.73 Å². The van der Waals surface area contributed by atoms with Gasteiger partial charge in [0.1, 0.15) is 11.6 Å². The number of rotatable bonds is 5. The van der Waals surface area contributed by atoms with Gasteiger partial charge in [0.2, 0.25) is 0 Å². The lowest BCUT2D eigenvalue weighted by Crippen LogP contribution is -2.38. The zero-order valence-corrected chi connectivity index (χ0v) is 11.0. The lowest BCUT2D eigenvalue weighted by Gasteiger charge is -2.28. The highest BCUT2D eigenvalue weighted by molar-refractivity contribution is 6.01. The Hall–Kier alpha value is -1.29. The summed E-state index contributed by atoms with van der Waals surface area (Å²) >= 11 is 0. The number of halogens is 2. The highest BCUT2D eigenvalue weighted by Gasteiger charge is 2.37. The van der Waals surface area contributed by atoms with Crippen LogP contribution in [-0.2, 0) is 0 Å². The molecule has 0 aliphatic heterocycles. The molecule has 0 aliphatic carbocycles. The van der Waals surface area contributed by atoms with E-state index in [1.54, 1.807) is 13.8 Å². The number of hydrogen-bond donors (Lipinski definition) is 1. The normalized spacial score (nSPS) is 11.7. The van der Waals surface area contributed by atoms with E-state index in [4.69, 9.17) is 5.73 Å². The first-order chi connectivity index (χ1) is 8.43. The second-order valence-electron chi connectivity index (χ2n) is 4.57. The van der Waals surface area contributed by atoms with Crippen molar-refractivity contribution in [2.45, 2.75) is 33.6 Å². The van der Waals surface area contributed by atoms with Gasteiger partial charge in [-0.15, -0.1) is 0 Å². The second-order valence-corrected chi connectivity index (χ2v) is 4.57. The quantitative estimate of drug-likeness (QED) is 0.821. The SMILES string of the molecule is CCC(CC)(CN)C(=O)c1c(F)ccc(C)c1F. The molecule has 0 amide bonds. The summed E-state index contributed by atoms with van der Waals surface area (Å²) in [6, 6.07) is 2.45. The molecule has 1 aromatic rings. The van der Waals surface area contributed by atoms with Gasteiger partial charge in [-0.2, -0.15) is 0 Å². The molecule has 0 aromatic heterocycles. The summed E-state index contributed by atoms with van der Waals surface area (Å²) in [4.78, 5) is 12.4. The van der Waals surface area contributed by atoms with Crippen LogP contribution in [0.15, 0.2) is 12.1 Å². The van der Waals surface area contributed by atoms with Crippen LogP contribution in [0.4, 0.5) is 8.78 Å². The van der Waals surface area contributed by atoms with Crippen LogP contribution in [0.2, 0.25) is 0 Å². The minimum atomic E-state index is -0.879. The van der Waals surface area contributed by atoms with E-state index in [-0.39, 0.29) is 12.1 Å². The van der Waals surface area contributed by atoms with Gasteiger partial charge in [0.05, 0.1) is 5.56 Å². The lowest BCUT2D eigenvalue weighted by molar-refractivity contribution is 0.0777. The van der Waals surface area contributed by atoms with E-state index < -0.39 is 28.4 Å². The molecule has 2 nitrogen and oxygen atoms in total. The molecule has 0 bridgehead atoms. The van der Waals surface area contributed by atoms with Crippen molar-refractivity contribution in [3.05, 3.63) is 34.9 Å². The molecule has 4 heteroatoms. The Balaban J connectivity index is 3.38. The average molecular weight is 255 g/mol. The van der Waals surface area contributed by atoms with Gasteiger partial charge in [-0.05, 0) is 31.4 Å². The summed E-state index contributed by atoms with van der Waals surface area (Å²) in [6.45, 7) is 5.21. The first kappa shape index (κ1) is 14.8. The third-order valence-corrected chi connectivity index (χ3v) is 3.74. The van der Waals surface area contributed by atoms with Crippen LogP contribution in [0.3, 0.4) is 0 Å². The molecule has 0 atom stereocenters. The summed E-state index contributed by atoms with van der Waals surface area (Å²) < 4.78 is 27.7. The predicted molar refractivity (Wildman–Crippen MR) is 67.5 cm³/mol. The maximum atomic E-state index is 14.0. The van der Waals surface area contributed by atoms with Crippen LogP contribution in [0.25, 0.3) is 0 Å². The maximum absolute atomic E-state index is 14.0. The molecule has 0 heterocycles. The molecule has 0 unspecified atom stereocenters. The lowest BCUT2D eigenvalue weighted by atomic mass is 9.75. The molecule has 0 saturated heterocycles. The maximum Gasteiger partial charge on any atom is 0.176 e. The predicted octanol–water partition coefficient (Wildman–Crippen LogP) is 3.22. The summed E-state index contributed by atoms with van der Waals surface area (Å²) in [5.74, 6) is -2.13. The number of aryl methyl sites for hydroxylation is 1. The number of nitrogens with two attached hydrogens (primary N) is 1. The van der Waals surface area contributed by atoms with Gasteiger partial charge in [-0.3, -0.25) is 4.79 Å². The Kier molecular flexibility index (Phi) is 4.57. The molecule has 0 radical (unpaired) electrons. The van der Waals surface area contributed by atoms with Crippen LogP contribution in [0.1, 0.15) is 42.6 Å². The van der Waals surface area contributed by atoms with E-state index in [1.807, 2.05) is 0 Å². The van der Waals surface area contributed by atoms with Crippen LogP contribution < -0.4 is 5.73 Å². The van der Waals surface area contributed by atoms with Crippen molar-refractivity contribution < 1.29 is 13.6 Å². The fraction of sp³-hybridized carbons (Fsp3) is 0.500. The highest BCUT2D eigenvalue weighted by Crippen LogP contribution is 2.32. The molecule has 100 valence electrons. The summed E-state index contributed by atoms with van der Waals surface area (Å²) in [6.07, 6.45) is 0.928. The summed E-state index contributed by atoms with van der Waals surface area (Å²) in [7, 11) is 0. The van der Waals surface area contributed by atoms with E-state index in [2.05, 4.69) is 0 Å². The zero-order valence-electron chi connectivity index (χ0n) is 11.0. The number of carbonyl (C=O) groups excluding carboxylic acids is 1. The Labute approximate surface area is 106 Å². The molecule has 1 aromatic carbocycles. The third kappa shape index (κ3) is 2.29. The molecular weight excluding hydrogens is 236 g/mol. The fourth-order valence-electron chi connectivity index (χ4n) is 2.08. The standard InChI is InChI=1S/C14H19F2NO/c1-4-14(5-2,8-17)13(18)11-10(15)7-6-9(3)12(11)16/h6-7H,4-5,8,17H2,1-3H3. The average Bonchev–Trinajstić information content (AvgIpc) is 2.37. The fourth-order valence-corrected chi connectivity index (χ4v) is 2.08. The molecular formula is C14H19F2NO. The molecule has 0 aliphatic rings. The zero-order chi connectivity index (χ0) is 13.9. The third-order valence-electron chi connectivity index (χ3n) is 3.74. The molecule has 1 rings (SSSR count). The van der Waals surface area contributed by atoms with Crippen molar-refractivity contribution in [1.29, 1.82) is 0 Å². The van der Waals surface area contributed by atoms with E-state index in [0.717, 1.165) is 6.07 Å². The minimum absolute atomic E-state index is 0.0889.